The highest BCUT2D eigenvalue weighted by molar-refractivity contribution is 5.69. The third-order valence-electron chi connectivity index (χ3n) is 6.09. The average molecular weight is 296 g/mol. The third kappa shape index (κ3) is 1.52. The maximum absolute atomic E-state index is 10.9. The fourth-order valence-electron chi connectivity index (χ4n) is 4.87. The van der Waals surface area contributed by atoms with E-state index < -0.39 is 0 Å². The molecule has 1 N–H and O–H groups in total. The van der Waals surface area contributed by atoms with Crippen LogP contribution in [0.4, 0.5) is 0 Å². The number of aliphatic hydroxyl groups is 1. The van der Waals surface area contributed by atoms with Gasteiger partial charge in [-0.15, -0.1) is 0 Å². The molecule has 0 amide bonds. The van der Waals surface area contributed by atoms with Crippen molar-refractivity contribution in [1.82, 2.24) is 9.55 Å². The van der Waals surface area contributed by atoms with Gasteiger partial charge in [-0.1, -0.05) is 24.3 Å². The normalized spacial score (nSPS) is 31.6. The van der Waals surface area contributed by atoms with Gasteiger partial charge in [0.05, 0.1) is 30.4 Å². The van der Waals surface area contributed by atoms with Crippen molar-refractivity contribution in [3.8, 4) is 11.3 Å². The maximum Gasteiger partial charge on any atom is 0.0956 e. The fourth-order valence-corrected chi connectivity index (χ4v) is 4.87. The summed E-state index contributed by atoms with van der Waals surface area (Å²) in [7, 11) is 0. The Hall–Kier alpha value is -1.65. The Kier molecular flexibility index (Phi) is 2.59. The molecule has 0 bridgehead atoms. The lowest BCUT2D eigenvalue weighted by atomic mass is 9.53. The molecule has 0 radical (unpaired) electrons. The smallest absolute Gasteiger partial charge is 0.0956 e. The van der Waals surface area contributed by atoms with Gasteiger partial charge in [0, 0.05) is 30.1 Å². The number of aliphatic hydroxyl groups excluding tert-OH is 1. The van der Waals surface area contributed by atoms with Crippen LogP contribution in [-0.4, -0.2) is 34.0 Å². The van der Waals surface area contributed by atoms with E-state index in [1.807, 2.05) is 12.5 Å². The van der Waals surface area contributed by atoms with E-state index in [9.17, 15) is 5.11 Å². The first kappa shape index (κ1) is 12.9. The van der Waals surface area contributed by atoms with Crippen LogP contribution in [0, 0.1) is 11.3 Å². The van der Waals surface area contributed by atoms with Crippen LogP contribution < -0.4 is 0 Å². The number of ether oxygens (including phenoxy) is 1. The van der Waals surface area contributed by atoms with E-state index in [-0.39, 0.29) is 23.5 Å². The van der Waals surface area contributed by atoms with Crippen LogP contribution in [0.15, 0.2) is 36.8 Å². The Morgan fingerprint density at radius 1 is 1.23 bits per heavy atom. The Balaban J connectivity index is 1.52. The number of nitrogens with zero attached hydrogens (tertiary/aromatic N) is 2. The lowest BCUT2D eigenvalue weighted by Gasteiger charge is -2.56. The molecule has 4 nitrogen and oxygen atoms in total. The second kappa shape index (κ2) is 4.43. The quantitative estimate of drug-likeness (QED) is 0.880. The zero-order valence-corrected chi connectivity index (χ0v) is 12.5. The summed E-state index contributed by atoms with van der Waals surface area (Å²) in [5, 5.41) is 10.9. The molecule has 1 saturated heterocycles. The first-order valence-corrected chi connectivity index (χ1v) is 8.17. The number of aromatic nitrogens is 2. The molecule has 1 saturated carbocycles. The molecule has 5 rings (SSSR count). The van der Waals surface area contributed by atoms with Crippen molar-refractivity contribution in [3.05, 3.63) is 42.4 Å². The van der Waals surface area contributed by atoms with Gasteiger partial charge in [0.1, 0.15) is 0 Å². The SMILES string of the molecule is O[C@@H]1[C@@H]([C@@H]2c3ccccc3-c3cncn32)CC12CCOCC2. The van der Waals surface area contributed by atoms with Crippen molar-refractivity contribution in [2.45, 2.75) is 31.4 Å². The highest BCUT2D eigenvalue weighted by atomic mass is 16.5. The zero-order chi connectivity index (χ0) is 14.7. The maximum atomic E-state index is 10.9. The fraction of sp³-hybridized carbons (Fsp3) is 0.500. The van der Waals surface area contributed by atoms with Crippen LogP contribution in [0.25, 0.3) is 11.3 Å². The third-order valence-corrected chi connectivity index (χ3v) is 6.09. The van der Waals surface area contributed by atoms with E-state index in [0.717, 1.165) is 32.5 Å². The Morgan fingerprint density at radius 3 is 2.86 bits per heavy atom. The van der Waals surface area contributed by atoms with Crippen LogP contribution in [0.3, 0.4) is 0 Å². The van der Waals surface area contributed by atoms with E-state index in [0.29, 0.717) is 0 Å². The van der Waals surface area contributed by atoms with Crippen molar-refractivity contribution in [2.75, 3.05) is 13.2 Å². The van der Waals surface area contributed by atoms with Gasteiger partial charge >= 0.3 is 0 Å². The summed E-state index contributed by atoms with van der Waals surface area (Å²) in [5.74, 6) is 0.287. The molecule has 1 aromatic carbocycles. The molecule has 3 heterocycles. The van der Waals surface area contributed by atoms with Crippen molar-refractivity contribution in [2.24, 2.45) is 11.3 Å². The number of hydrogen-bond donors (Lipinski definition) is 1. The molecular weight excluding hydrogens is 276 g/mol. The van der Waals surface area contributed by atoms with E-state index >= 15 is 0 Å². The van der Waals surface area contributed by atoms with E-state index in [1.165, 1.54) is 16.8 Å². The van der Waals surface area contributed by atoms with Crippen LogP contribution in [0.1, 0.15) is 30.9 Å². The van der Waals surface area contributed by atoms with Gasteiger partial charge in [-0.2, -0.15) is 0 Å². The number of fused-ring (bicyclic) bond motifs is 3. The molecule has 2 fully saturated rings. The Morgan fingerprint density at radius 2 is 2.05 bits per heavy atom. The molecule has 0 unspecified atom stereocenters. The summed E-state index contributed by atoms with van der Waals surface area (Å²) in [6.45, 7) is 1.59. The standard InChI is InChI=1S/C18H20N2O2/c21-17-14(9-18(17)5-7-22-8-6-18)16-13-4-2-1-3-12(13)15-10-19-11-20(15)16/h1-4,10-11,14,16-17,21H,5-9H2/t14-,16+,17-/m1/s1. The summed E-state index contributed by atoms with van der Waals surface area (Å²) < 4.78 is 7.74. The van der Waals surface area contributed by atoms with Gasteiger partial charge in [0.25, 0.3) is 0 Å². The largest absolute Gasteiger partial charge is 0.392 e. The van der Waals surface area contributed by atoms with Crippen LogP contribution in [0.5, 0.6) is 0 Å². The van der Waals surface area contributed by atoms with Crippen molar-refractivity contribution in [1.29, 1.82) is 0 Å². The first-order valence-electron chi connectivity index (χ1n) is 8.17. The lowest BCUT2D eigenvalue weighted by molar-refractivity contribution is -0.173. The number of benzene rings is 1. The molecular formula is C18H20N2O2. The molecule has 2 aromatic rings. The zero-order valence-electron chi connectivity index (χ0n) is 12.5. The Bertz CT molecular complexity index is 717. The van der Waals surface area contributed by atoms with Crippen molar-refractivity contribution < 1.29 is 9.84 Å². The summed E-state index contributed by atoms with van der Waals surface area (Å²) >= 11 is 0. The molecule has 4 heteroatoms. The average Bonchev–Trinajstić information content (AvgIpc) is 3.14. The van der Waals surface area contributed by atoms with E-state index in [4.69, 9.17) is 4.74 Å². The number of hydrogen-bond acceptors (Lipinski definition) is 3. The molecule has 1 spiro atoms. The summed E-state index contributed by atoms with van der Waals surface area (Å²) in [6, 6.07) is 8.78. The van der Waals surface area contributed by atoms with Gasteiger partial charge < -0.3 is 14.4 Å². The highest BCUT2D eigenvalue weighted by Gasteiger charge is 2.57. The molecule has 1 aromatic heterocycles. The van der Waals surface area contributed by atoms with Crippen molar-refractivity contribution >= 4 is 0 Å². The van der Waals surface area contributed by atoms with E-state index in [1.54, 1.807) is 0 Å². The number of imidazole rings is 1. The predicted molar refractivity (Wildman–Crippen MR) is 82.4 cm³/mol. The Labute approximate surface area is 129 Å². The van der Waals surface area contributed by atoms with E-state index in [2.05, 4.69) is 33.8 Å². The lowest BCUT2D eigenvalue weighted by Crippen LogP contribution is -2.57. The van der Waals surface area contributed by atoms with Gasteiger partial charge in [-0.3, -0.25) is 0 Å². The van der Waals surface area contributed by atoms with Gasteiger partial charge in [0.15, 0.2) is 0 Å². The van der Waals surface area contributed by atoms with Crippen LogP contribution >= 0.6 is 0 Å². The van der Waals surface area contributed by atoms with Gasteiger partial charge in [0.2, 0.25) is 0 Å². The predicted octanol–water partition coefficient (Wildman–Crippen LogP) is 2.63. The highest BCUT2D eigenvalue weighted by Crippen LogP contribution is 2.59. The monoisotopic (exact) mass is 296 g/mol. The second-order valence-corrected chi connectivity index (χ2v) is 7.01. The van der Waals surface area contributed by atoms with Crippen LogP contribution in [-0.2, 0) is 4.74 Å². The van der Waals surface area contributed by atoms with Gasteiger partial charge in [-0.05, 0) is 24.8 Å². The van der Waals surface area contributed by atoms with Crippen molar-refractivity contribution in [3.63, 3.8) is 0 Å². The molecule has 114 valence electrons. The first-order chi connectivity index (χ1) is 10.8. The summed E-state index contributed by atoms with van der Waals surface area (Å²) in [6.07, 6.45) is 6.71. The molecule has 22 heavy (non-hydrogen) atoms. The molecule has 3 atom stereocenters. The topological polar surface area (TPSA) is 47.3 Å². The summed E-state index contributed by atoms with van der Waals surface area (Å²) in [4.78, 5) is 4.32. The minimum absolute atomic E-state index is 0.0984. The minimum Gasteiger partial charge on any atom is -0.392 e. The molecule has 1 aliphatic carbocycles. The van der Waals surface area contributed by atoms with Crippen LogP contribution in [0.2, 0.25) is 0 Å². The number of rotatable bonds is 1. The minimum atomic E-state index is -0.234. The van der Waals surface area contributed by atoms with Gasteiger partial charge in [-0.25, -0.2) is 4.98 Å². The summed E-state index contributed by atoms with van der Waals surface area (Å²) in [5.41, 5.74) is 3.89. The second-order valence-electron chi connectivity index (χ2n) is 7.01. The molecule has 3 aliphatic rings. The molecule has 2 aliphatic heterocycles.